The number of ketones is 1. The fraction of sp³-hybridized carbons (Fsp3) is 0.158. The Morgan fingerprint density at radius 2 is 1.81 bits per heavy atom. The molecule has 0 unspecified atom stereocenters. The first-order valence-electron chi connectivity index (χ1n) is 7.85. The van der Waals surface area contributed by atoms with Crippen LogP contribution in [-0.2, 0) is 7.05 Å². The van der Waals surface area contributed by atoms with Crippen molar-refractivity contribution in [1.29, 1.82) is 0 Å². The summed E-state index contributed by atoms with van der Waals surface area (Å²) in [5.41, 5.74) is 1.06. The first-order chi connectivity index (χ1) is 12.9. The monoisotopic (exact) mass is 406 g/mol. The number of aryl methyl sites for hydroxylation is 1. The number of carbonyl (C=O) groups excluding carboxylic acids is 1. The standard InChI is InChI=1S/C19H16Cl2N2O4/c1-23-13(6-7-22-23)16-14(26-2)9-15(27-3)17(19(16)25)18(24)11-5-4-10(20)8-12(11)21/h4-9,25H,1-3H3. The number of halogens is 2. The van der Waals surface area contributed by atoms with E-state index in [4.69, 9.17) is 32.7 Å². The second-order valence-corrected chi connectivity index (χ2v) is 6.52. The molecule has 1 heterocycles. The predicted molar refractivity (Wildman–Crippen MR) is 103 cm³/mol. The molecule has 0 spiro atoms. The minimum atomic E-state index is -0.503. The van der Waals surface area contributed by atoms with E-state index in [1.807, 2.05) is 0 Å². The van der Waals surface area contributed by atoms with Crippen molar-refractivity contribution in [3.05, 3.63) is 57.7 Å². The molecule has 0 saturated carbocycles. The number of aromatic nitrogens is 2. The number of methoxy groups -OCH3 is 2. The van der Waals surface area contributed by atoms with Gasteiger partial charge in [0.05, 0.1) is 30.5 Å². The summed E-state index contributed by atoms with van der Waals surface area (Å²) >= 11 is 12.1. The first-order valence-corrected chi connectivity index (χ1v) is 8.60. The van der Waals surface area contributed by atoms with Gasteiger partial charge in [-0.25, -0.2) is 0 Å². The van der Waals surface area contributed by atoms with Gasteiger partial charge in [0.25, 0.3) is 0 Å². The van der Waals surface area contributed by atoms with E-state index in [1.165, 1.54) is 26.4 Å². The second kappa shape index (κ2) is 7.50. The van der Waals surface area contributed by atoms with Gasteiger partial charge in [-0.15, -0.1) is 0 Å². The molecular weight excluding hydrogens is 391 g/mol. The lowest BCUT2D eigenvalue weighted by Crippen LogP contribution is -2.08. The van der Waals surface area contributed by atoms with Crippen LogP contribution in [0, 0.1) is 0 Å². The highest BCUT2D eigenvalue weighted by Crippen LogP contribution is 2.45. The average Bonchev–Trinajstić information content (AvgIpc) is 3.05. The van der Waals surface area contributed by atoms with Gasteiger partial charge in [0.2, 0.25) is 5.78 Å². The molecule has 0 fully saturated rings. The SMILES string of the molecule is COc1cc(OC)c(-c2ccnn2C)c(O)c1C(=O)c1ccc(Cl)cc1Cl. The molecule has 8 heteroatoms. The van der Waals surface area contributed by atoms with E-state index >= 15 is 0 Å². The van der Waals surface area contributed by atoms with Crippen molar-refractivity contribution in [2.75, 3.05) is 14.2 Å². The van der Waals surface area contributed by atoms with Gasteiger partial charge in [-0.05, 0) is 24.3 Å². The molecule has 1 N–H and O–H groups in total. The van der Waals surface area contributed by atoms with Gasteiger partial charge >= 0.3 is 0 Å². The first kappa shape index (κ1) is 19.1. The summed E-state index contributed by atoms with van der Waals surface area (Å²) in [5.74, 6) is -0.291. The molecule has 0 amide bonds. The minimum Gasteiger partial charge on any atom is -0.506 e. The summed E-state index contributed by atoms with van der Waals surface area (Å²) in [6.45, 7) is 0. The molecule has 0 atom stereocenters. The van der Waals surface area contributed by atoms with E-state index in [1.54, 1.807) is 36.1 Å². The Kier molecular flexibility index (Phi) is 5.30. The molecule has 1 aromatic heterocycles. The number of hydrogen-bond acceptors (Lipinski definition) is 5. The second-order valence-electron chi connectivity index (χ2n) is 5.67. The third kappa shape index (κ3) is 3.34. The average molecular weight is 407 g/mol. The molecule has 27 heavy (non-hydrogen) atoms. The highest BCUT2D eigenvalue weighted by Gasteiger charge is 2.28. The van der Waals surface area contributed by atoms with Crippen molar-refractivity contribution >= 4 is 29.0 Å². The quantitative estimate of drug-likeness (QED) is 0.637. The van der Waals surface area contributed by atoms with Crippen molar-refractivity contribution < 1.29 is 19.4 Å². The Hall–Kier alpha value is -2.70. The van der Waals surface area contributed by atoms with Gasteiger partial charge in [-0.3, -0.25) is 9.48 Å². The van der Waals surface area contributed by atoms with Crippen LogP contribution in [0.25, 0.3) is 11.3 Å². The van der Waals surface area contributed by atoms with Crippen LogP contribution in [-0.4, -0.2) is 34.9 Å². The zero-order valence-electron chi connectivity index (χ0n) is 14.8. The third-order valence-corrected chi connectivity index (χ3v) is 4.70. The Balaban J connectivity index is 2.29. The number of rotatable bonds is 5. The van der Waals surface area contributed by atoms with Crippen molar-refractivity contribution in [2.45, 2.75) is 0 Å². The highest BCUT2D eigenvalue weighted by atomic mass is 35.5. The molecule has 0 aliphatic heterocycles. The van der Waals surface area contributed by atoms with Gasteiger partial charge in [0, 0.05) is 29.9 Å². The molecule has 3 rings (SSSR count). The summed E-state index contributed by atoms with van der Waals surface area (Å²) in [4.78, 5) is 13.2. The van der Waals surface area contributed by atoms with E-state index in [-0.39, 0.29) is 27.6 Å². The van der Waals surface area contributed by atoms with Crippen LogP contribution >= 0.6 is 23.2 Å². The van der Waals surface area contributed by atoms with Crippen LogP contribution in [0.3, 0.4) is 0 Å². The summed E-state index contributed by atoms with van der Waals surface area (Å²) < 4.78 is 12.3. The van der Waals surface area contributed by atoms with Crippen molar-refractivity contribution in [3.63, 3.8) is 0 Å². The maximum absolute atomic E-state index is 13.2. The van der Waals surface area contributed by atoms with Gasteiger partial charge in [-0.2, -0.15) is 5.10 Å². The smallest absolute Gasteiger partial charge is 0.202 e. The molecule has 3 aromatic rings. The Labute approximate surface area is 165 Å². The number of carbonyl (C=O) groups is 1. The van der Waals surface area contributed by atoms with Gasteiger partial charge in [0.15, 0.2) is 0 Å². The molecule has 0 radical (unpaired) electrons. The fourth-order valence-corrected chi connectivity index (χ4v) is 3.33. The summed E-state index contributed by atoms with van der Waals surface area (Å²) in [5, 5.41) is 15.7. The fourth-order valence-electron chi connectivity index (χ4n) is 2.84. The molecule has 6 nitrogen and oxygen atoms in total. The zero-order valence-corrected chi connectivity index (χ0v) is 16.3. The lowest BCUT2D eigenvalue weighted by Gasteiger charge is -2.17. The van der Waals surface area contributed by atoms with Crippen LogP contribution in [0.2, 0.25) is 10.0 Å². The molecule has 0 aliphatic rings. The van der Waals surface area contributed by atoms with Gasteiger partial charge in [-0.1, -0.05) is 23.2 Å². The van der Waals surface area contributed by atoms with Crippen molar-refractivity contribution in [1.82, 2.24) is 9.78 Å². The normalized spacial score (nSPS) is 10.7. The maximum Gasteiger partial charge on any atom is 0.202 e. The number of benzene rings is 2. The molecule has 2 aromatic carbocycles. The van der Waals surface area contributed by atoms with E-state index in [0.29, 0.717) is 22.0 Å². The van der Waals surface area contributed by atoms with Crippen LogP contribution in [0.1, 0.15) is 15.9 Å². The van der Waals surface area contributed by atoms with Gasteiger partial charge in [0.1, 0.15) is 22.8 Å². The predicted octanol–water partition coefficient (Wildman–Crippen LogP) is 4.35. The Bertz CT molecular complexity index is 1030. The maximum atomic E-state index is 13.2. The van der Waals surface area contributed by atoms with Crippen molar-refractivity contribution in [3.8, 4) is 28.5 Å². The van der Waals surface area contributed by atoms with Crippen LogP contribution < -0.4 is 9.47 Å². The summed E-state index contributed by atoms with van der Waals surface area (Å²) in [6.07, 6.45) is 1.58. The lowest BCUT2D eigenvalue weighted by molar-refractivity contribution is 0.103. The third-order valence-electron chi connectivity index (χ3n) is 4.15. The number of ether oxygens (including phenoxy) is 2. The van der Waals surface area contributed by atoms with Crippen LogP contribution in [0.4, 0.5) is 0 Å². The number of phenolic OH excluding ortho intramolecular Hbond substituents is 1. The topological polar surface area (TPSA) is 73.6 Å². The Morgan fingerprint density at radius 3 is 2.37 bits per heavy atom. The molecule has 0 saturated heterocycles. The Morgan fingerprint density at radius 1 is 1.11 bits per heavy atom. The number of hydrogen-bond donors (Lipinski definition) is 1. The summed E-state index contributed by atoms with van der Waals surface area (Å²) in [6, 6.07) is 7.76. The van der Waals surface area contributed by atoms with E-state index in [9.17, 15) is 9.90 Å². The zero-order chi connectivity index (χ0) is 19.7. The number of aromatic hydroxyl groups is 1. The largest absolute Gasteiger partial charge is 0.506 e. The molecular formula is C19H16Cl2N2O4. The number of phenols is 1. The minimum absolute atomic E-state index is 0.0290. The summed E-state index contributed by atoms with van der Waals surface area (Å²) in [7, 11) is 4.58. The van der Waals surface area contributed by atoms with E-state index in [0.717, 1.165) is 0 Å². The van der Waals surface area contributed by atoms with Crippen LogP contribution in [0.5, 0.6) is 17.2 Å². The highest BCUT2D eigenvalue weighted by molar-refractivity contribution is 6.37. The number of nitrogens with zero attached hydrogens (tertiary/aromatic N) is 2. The van der Waals surface area contributed by atoms with Crippen molar-refractivity contribution in [2.24, 2.45) is 7.05 Å². The van der Waals surface area contributed by atoms with E-state index in [2.05, 4.69) is 5.10 Å². The molecule has 0 aliphatic carbocycles. The van der Waals surface area contributed by atoms with Gasteiger partial charge < -0.3 is 14.6 Å². The van der Waals surface area contributed by atoms with Crippen LogP contribution in [0.15, 0.2) is 36.5 Å². The lowest BCUT2D eigenvalue weighted by atomic mass is 9.96. The van der Waals surface area contributed by atoms with E-state index < -0.39 is 5.78 Å². The molecule has 140 valence electrons. The molecule has 0 bridgehead atoms.